The Morgan fingerprint density at radius 1 is 1.37 bits per heavy atom. The highest BCUT2D eigenvalue weighted by Gasteiger charge is 2.32. The molecule has 0 aromatic heterocycles. The Bertz CT molecular complexity index is 545. The van der Waals surface area contributed by atoms with E-state index in [1.807, 2.05) is 20.0 Å². The fourth-order valence-corrected chi connectivity index (χ4v) is 4.13. The summed E-state index contributed by atoms with van der Waals surface area (Å²) in [6.45, 7) is 4.35. The fraction of sp³-hybridized carbons (Fsp3) is 0.538. The van der Waals surface area contributed by atoms with E-state index in [1.165, 1.54) is 0 Å². The average molecular weight is 283 g/mol. The Morgan fingerprint density at radius 3 is 2.74 bits per heavy atom. The van der Waals surface area contributed by atoms with Crippen LogP contribution in [0.15, 0.2) is 29.2 Å². The highest BCUT2D eigenvalue weighted by atomic mass is 32.2. The molecule has 2 rings (SSSR count). The first-order chi connectivity index (χ1) is 8.95. The van der Waals surface area contributed by atoms with E-state index < -0.39 is 10.0 Å². The molecule has 0 amide bonds. The van der Waals surface area contributed by atoms with Gasteiger partial charge in [0.15, 0.2) is 0 Å². The molecule has 0 aliphatic carbocycles. The Morgan fingerprint density at radius 2 is 2.11 bits per heavy atom. The van der Waals surface area contributed by atoms with E-state index in [1.54, 1.807) is 22.5 Å². The molecule has 1 aliphatic heterocycles. The molecule has 19 heavy (non-hydrogen) atoms. The third kappa shape index (κ3) is 2.97. The Balaban J connectivity index is 2.31. The van der Waals surface area contributed by atoms with Gasteiger partial charge in [0.05, 0.1) is 4.90 Å². The summed E-state index contributed by atoms with van der Waals surface area (Å²) < 4.78 is 26.9. The van der Waals surface area contributed by atoms with Crippen LogP contribution in [0.1, 0.15) is 12.5 Å². The lowest BCUT2D eigenvalue weighted by atomic mass is 10.2. The minimum absolute atomic E-state index is 0.00900. The smallest absolute Gasteiger partial charge is 0.243 e. The van der Waals surface area contributed by atoms with Crippen LogP contribution in [0.4, 0.5) is 0 Å². The highest BCUT2D eigenvalue weighted by molar-refractivity contribution is 7.89. The third-order valence-corrected chi connectivity index (χ3v) is 5.52. The predicted octanol–water partition coefficient (Wildman–Crippen LogP) is 0.470. The first-order valence-electron chi connectivity index (χ1n) is 6.44. The first kappa shape index (κ1) is 14.5. The molecule has 1 atom stereocenters. The zero-order valence-corrected chi connectivity index (χ0v) is 12.2. The van der Waals surface area contributed by atoms with Crippen LogP contribution in [0.2, 0.25) is 0 Å². The van der Waals surface area contributed by atoms with Crippen molar-refractivity contribution in [3.8, 4) is 0 Å². The average Bonchev–Trinajstić information content (AvgIpc) is 2.38. The predicted molar refractivity (Wildman–Crippen MR) is 75.2 cm³/mol. The number of hydrogen-bond acceptors (Lipinski definition) is 4. The van der Waals surface area contributed by atoms with Crippen molar-refractivity contribution in [3.05, 3.63) is 29.8 Å². The van der Waals surface area contributed by atoms with E-state index in [4.69, 9.17) is 5.73 Å². The van der Waals surface area contributed by atoms with Gasteiger partial charge in [-0.15, -0.1) is 0 Å². The molecule has 6 heteroatoms. The summed E-state index contributed by atoms with van der Waals surface area (Å²) in [5.74, 6) is 0. The summed E-state index contributed by atoms with van der Waals surface area (Å²) in [5.41, 5.74) is 6.41. The van der Waals surface area contributed by atoms with Crippen molar-refractivity contribution < 1.29 is 8.42 Å². The van der Waals surface area contributed by atoms with Crippen molar-refractivity contribution in [3.63, 3.8) is 0 Å². The summed E-state index contributed by atoms with van der Waals surface area (Å²) in [5, 5.41) is 0. The van der Waals surface area contributed by atoms with Crippen LogP contribution in [0.25, 0.3) is 0 Å². The van der Waals surface area contributed by atoms with Crippen LogP contribution < -0.4 is 5.73 Å². The second-order valence-electron chi connectivity index (χ2n) is 5.08. The zero-order valence-electron chi connectivity index (χ0n) is 11.4. The van der Waals surface area contributed by atoms with Gasteiger partial charge in [0.2, 0.25) is 10.0 Å². The maximum Gasteiger partial charge on any atom is 0.243 e. The lowest BCUT2D eigenvalue weighted by Crippen LogP contribution is -2.52. The summed E-state index contributed by atoms with van der Waals surface area (Å²) in [7, 11) is -1.41. The number of likely N-dealkylation sites (N-methyl/N-ethyl adjacent to an activating group) is 1. The molecule has 0 bridgehead atoms. The molecule has 1 aliphatic rings. The number of sulfonamides is 1. The molecular formula is C13H21N3O2S. The Kier molecular flexibility index (Phi) is 4.25. The highest BCUT2D eigenvalue weighted by Crippen LogP contribution is 2.21. The van der Waals surface area contributed by atoms with Crippen LogP contribution >= 0.6 is 0 Å². The summed E-state index contributed by atoms with van der Waals surface area (Å²) in [6.07, 6.45) is 0. The molecule has 2 N–H and O–H groups in total. The molecule has 1 saturated heterocycles. The normalized spacial score (nSPS) is 22.6. The van der Waals surface area contributed by atoms with Crippen LogP contribution in [0.3, 0.4) is 0 Å². The first-order valence-corrected chi connectivity index (χ1v) is 7.88. The van der Waals surface area contributed by atoms with Crippen LogP contribution in [-0.4, -0.2) is 50.3 Å². The van der Waals surface area contributed by atoms with Gasteiger partial charge in [-0.1, -0.05) is 12.1 Å². The van der Waals surface area contributed by atoms with E-state index in [9.17, 15) is 8.42 Å². The lowest BCUT2D eigenvalue weighted by molar-refractivity contribution is 0.170. The van der Waals surface area contributed by atoms with E-state index in [0.717, 1.165) is 18.7 Å². The number of rotatable bonds is 3. The van der Waals surface area contributed by atoms with Crippen molar-refractivity contribution in [1.29, 1.82) is 0 Å². The Hall–Kier alpha value is -0.950. The summed E-state index contributed by atoms with van der Waals surface area (Å²) in [4.78, 5) is 2.49. The van der Waals surface area contributed by atoms with Crippen molar-refractivity contribution >= 4 is 10.0 Å². The molecule has 1 heterocycles. The number of benzene rings is 1. The maximum absolute atomic E-state index is 12.6. The monoisotopic (exact) mass is 283 g/mol. The minimum atomic E-state index is -3.42. The second kappa shape index (κ2) is 5.58. The molecule has 1 unspecified atom stereocenters. The van der Waals surface area contributed by atoms with Crippen molar-refractivity contribution in [1.82, 2.24) is 9.21 Å². The number of nitrogens with zero attached hydrogens (tertiary/aromatic N) is 2. The van der Waals surface area contributed by atoms with Gasteiger partial charge in [0.25, 0.3) is 0 Å². The second-order valence-corrected chi connectivity index (χ2v) is 6.97. The molecule has 1 aromatic carbocycles. The van der Waals surface area contributed by atoms with E-state index >= 15 is 0 Å². The van der Waals surface area contributed by atoms with Gasteiger partial charge < -0.3 is 10.6 Å². The maximum atomic E-state index is 12.6. The summed E-state index contributed by atoms with van der Waals surface area (Å²) >= 11 is 0. The van der Waals surface area contributed by atoms with Gasteiger partial charge in [0.1, 0.15) is 0 Å². The van der Waals surface area contributed by atoms with Gasteiger partial charge in [-0.25, -0.2) is 8.42 Å². The van der Waals surface area contributed by atoms with Crippen molar-refractivity contribution in [2.75, 3.05) is 26.7 Å². The van der Waals surface area contributed by atoms with E-state index in [-0.39, 0.29) is 6.04 Å². The molecule has 0 saturated carbocycles. The molecule has 5 nitrogen and oxygen atoms in total. The summed E-state index contributed by atoms with van der Waals surface area (Å²) in [6, 6.07) is 6.88. The largest absolute Gasteiger partial charge is 0.326 e. The third-order valence-electron chi connectivity index (χ3n) is 3.51. The van der Waals surface area contributed by atoms with Crippen molar-refractivity contribution in [2.45, 2.75) is 24.4 Å². The van der Waals surface area contributed by atoms with E-state index in [0.29, 0.717) is 18.0 Å². The van der Waals surface area contributed by atoms with Gasteiger partial charge >= 0.3 is 0 Å². The topological polar surface area (TPSA) is 66.6 Å². The molecule has 1 aromatic rings. The number of nitrogens with two attached hydrogens (primary N) is 1. The van der Waals surface area contributed by atoms with Crippen molar-refractivity contribution in [2.24, 2.45) is 5.73 Å². The van der Waals surface area contributed by atoms with Gasteiger partial charge in [-0.2, -0.15) is 4.31 Å². The quantitative estimate of drug-likeness (QED) is 0.875. The molecule has 0 radical (unpaired) electrons. The van der Waals surface area contributed by atoms with Crippen LogP contribution in [-0.2, 0) is 16.6 Å². The van der Waals surface area contributed by atoms with E-state index in [2.05, 4.69) is 4.90 Å². The fourth-order valence-electron chi connectivity index (χ4n) is 2.45. The standard InChI is InChI=1S/C13H21N3O2S/c1-11-10-15(2)6-7-16(11)19(17,18)13-5-3-4-12(8-13)9-14/h3-5,8,11H,6-7,9-10,14H2,1-2H3. The molecular weight excluding hydrogens is 262 g/mol. The van der Waals surface area contributed by atoms with Gasteiger partial charge in [-0.3, -0.25) is 0 Å². The number of hydrogen-bond donors (Lipinski definition) is 1. The van der Waals surface area contributed by atoms with Crippen LogP contribution in [0, 0.1) is 0 Å². The van der Waals surface area contributed by atoms with Gasteiger partial charge in [0, 0.05) is 32.2 Å². The lowest BCUT2D eigenvalue weighted by Gasteiger charge is -2.37. The van der Waals surface area contributed by atoms with Gasteiger partial charge in [-0.05, 0) is 31.7 Å². The molecule has 1 fully saturated rings. The minimum Gasteiger partial charge on any atom is -0.326 e. The SMILES string of the molecule is CC1CN(C)CCN1S(=O)(=O)c1cccc(CN)c1. The Labute approximate surface area is 115 Å². The number of piperazine rings is 1. The molecule has 106 valence electrons. The molecule has 0 spiro atoms. The zero-order chi connectivity index (χ0) is 14.0. The van der Waals surface area contributed by atoms with Crippen LogP contribution in [0.5, 0.6) is 0 Å².